The second-order valence-electron chi connectivity index (χ2n) is 3.85. The number of hydrogen-bond acceptors (Lipinski definition) is 3. The molecule has 0 aromatic rings. The minimum absolute atomic E-state index is 0.0436. The molecule has 0 saturated heterocycles. The molecule has 0 spiro atoms. The largest absolute Gasteiger partial charge is 0.309 e. The van der Waals surface area contributed by atoms with Crippen molar-refractivity contribution in [1.29, 1.82) is 0 Å². The molecule has 13 heavy (non-hydrogen) atoms. The Hall–Kier alpha value is -0.610. The summed E-state index contributed by atoms with van der Waals surface area (Å²) in [6, 6.07) is -0.144. The van der Waals surface area contributed by atoms with Crippen molar-refractivity contribution in [3.05, 3.63) is 0 Å². The van der Waals surface area contributed by atoms with Crippen LogP contribution in [0.1, 0.15) is 27.7 Å². The summed E-state index contributed by atoms with van der Waals surface area (Å²) in [5.41, 5.74) is 0. The minimum Gasteiger partial charge on any atom is -0.309 e. The number of carbonyl (C=O) groups is 1. The lowest BCUT2D eigenvalue weighted by Crippen LogP contribution is -2.53. The summed E-state index contributed by atoms with van der Waals surface area (Å²) >= 11 is 0. The lowest BCUT2D eigenvalue weighted by atomic mass is 10.0. The van der Waals surface area contributed by atoms with Crippen LogP contribution < -0.4 is 11.2 Å². The molecule has 0 saturated carbocycles. The Balaban J connectivity index is 4.37. The molecular weight excluding hydrogens is 166 g/mol. The van der Waals surface area contributed by atoms with Gasteiger partial charge in [0.2, 0.25) is 0 Å². The van der Waals surface area contributed by atoms with E-state index in [0.717, 1.165) is 0 Å². The third kappa shape index (κ3) is 3.32. The highest BCUT2D eigenvalue weighted by Crippen LogP contribution is 2.05. The van der Waals surface area contributed by atoms with E-state index >= 15 is 0 Å². The second kappa shape index (κ2) is 5.19. The standard InChI is InChI=1S/C9H21N3O/c1-6(2)8(11-5)9(13)12(10)7(3)4/h6-8,11H,10H2,1-5H3. The normalized spacial score (nSPS) is 13.5. The third-order valence-corrected chi connectivity index (χ3v) is 2.05. The van der Waals surface area contributed by atoms with Gasteiger partial charge in [0.05, 0.1) is 6.04 Å². The molecule has 0 aromatic heterocycles. The average molecular weight is 187 g/mol. The van der Waals surface area contributed by atoms with Crippen LogP contribution in [0.4, 0.5) is 0 Å². The summed E-state index contributed by atoms with van der Waals surface area (Å²) < 4.78 is 0. The fourth-order valence-corrected chi connectivity index (χ4v) is 1.16. The molecule has 1 unspecified atom stereocenters. The number of carbonyl (C=O) groups excluding carboxylic acids is 1. The number of hydrazine groups is 1. The van der Waals surface area contributed by atoms with Crippen molar-refractivity contribution in [2.75, 3.05) is 7.05 Å². The average Bonchev–Trinajstić information content (AvgIpc) is 2.03. The van der Waals surface area contributed by atoms with Gasteiger partial charge in [0, 0.05) is 6.04 Å². The van der Waals surface area contributed by atoms with Gasteiger partial charge in [0.25, 0.3) is 5.91 Å². The second-order valence-corrected chi connectivity index (χ2v) is 3.85. The van der Waals surface area contributed by atoms with Gasteiger partial charge in [-0.25, -0.2) is 5.84 Å². The van der Waals surface area contributed by atoms with E-state index in [2.05, 4.69) is 5.32 Å². The highest BCUT2D eigenvalue weighted by atomic mass is 16.2. The molecule has 0 heterocycles. The van der Waals surface area contributed by atoms with Crippen LogP contribution in [-0.2, 0) is 4.79 Å². The van der Waals surface area contributed by atoms with Crippen LogP contribution in [-0.4, -0.2) is 30.0 Å². The molecular formula is C9H21N3O. The first-order valence-electron chi connectivity index (χ1n) is 4.66. The van der Waals surface area contributed by atoms with Crippen molar-refractivity contribution in [2.45, 2.75) is 39.8 Å². The molecule has 0 fully saturated rings. The van der Waals surface area contributed by atoms with Gasteiger partial charge in [0.15, 0.2) is 0 Å². The monoisotopic (exact) mass is 187 g/mol. The lowest BCUT2D eigenvalue weighted by Gasteiger charge is -2.27. The molecule has 0 aliphatic carbocycles. The minimum atomic E-state index is -0.188. The van der Waals surface area contributed by atoms with Gasteiger partial charge in [-0.05, 0) is 26.8 Å². The van der Waals surface area contributed by atoms with Crippen LogP contribution in [0.25, 0.3) is 0 Å². The molecule has 4 heteroatoms. The quantitative estimate of drug-likeness (QED) is 0.379. The maximum Gasteiger partial charge on any atom is 0.254 e. The zero-order valence-corrected chi connectivity index (χ0v) is 9.16. The Morgan fingerprint density at radius 1 is 1.31 bits per heavy atom. The summed E-state index contributed by atoms with van der Waals surface area (Å²) in [7, 11) is 1.77. The van der Waals surface area contributed by atoms with Crippen molar-refractivity contribution in [1.82, 2.24) is 10.3 Å². The summed E-state index contributed by atoms with van der Waals surface area (Å²) in [5.74, 6) is 5.82. The van der Waals surface area contributed by atoms with Gasteiger partial charge >= 0.3 is 0 Å². The maximum atomic E-state index is 11.7. The number of amides is 1. The first-order valence-corrected chi connectivity index (χ1v) is 4.66. The number of nitrogens with two attached hydrogens (primary N) is 1. The summed E-state index contributed by atoms with van der Waals surface area (Å²) in [6.45, 7) is 7.77. The first-order chi connectivity index (χ1) is 5.91. The van der Waals surface area contributed by atoms with Crippen molar-refractivity contribution in [3.8, 4) is 0 Å². The van der Waals surface area contributed by atoms with E-state index in [4.69, 9.17) is 5.84 Å². The number of likely N-dealkylation sites (N-methyl/N-ethyl adjacent to an activating group) is 1. The van der Waals surface area contributed by atoms with Crippen LogP contribution in [0.5, 0.6) is 0 Å². The predicted molar refractivity (Wildman–Crippen MR) is 53.9 cm³/mol. The Labute approximate surface area is 80.4 Å². The van der Waals surface area contributed by atoms with E-state index in [1.807, 2.05) is 27.7 Å². The van der Waals surface area contributed by atoms with Crippen molar-refractivity contribution in [2.24, 2.45) is 11.8 Å². The van der Waals surface area contributed by atoms with Crippen LogP contribution in [0.15, 0.2) is 0 Å². The molecule has 0 aromatic carbocycles. The fraction of sp³-hybridized carbons (Fsp3) is 0.889. The lowest BCUT2D eigenvalue weighted by molar-refractivity contribution is -0.136. The number of nitrogens with zero attached hydrogens (tertiary/aromatic N) is 1. The molecule has 0 radical (unpaired) electrons. The van der Waals surface area contributed by atoms with Crippen LogP contribution >= 0.6 is 0 Å². The molecule has 78 valence electrons. The smallest absolute Gasteiger partial charge is 0.254 e. The molecule has 0 aliphatic heterocycles. The van der Waals surface area contributed by atoms with Gasteiger partial charge in [-0.3, -0.25) is 9.80 Å². The number of nitrogens with one attached hydrogen (secondary N) is 1. The van der Waals surface area contributed by atoms with Crippen LogP contribution in [0.3, 0.4) is 0 Å². The Kier molecular flexibility index (Phi) is 4.95. The van der Waals surface area contributed by atoms with E-state index < -0.39 is 0 Å². The van der Waals surface area contributed by atoms with Crippen LogP contribution in [0, 0.1) is 5.92 Å². The Bertz CT molecular complexity index is 168. The van der Waals surface area contributed by atoms with Gasteiger partial charge in [-0.2, -0.15) is 0 Å². The van der Waals surface area contributed by atoms with Crippen molar-refractivity contribution >= 4 is 5.91 Å². The molecule has 0 aliphatic rings. The number of hydrogen-bond donors (Lipinski definition) is 2. The predicted octanol–water partition coefficient (Wildman–Crippen LogP) is 0.341. The van der Waals surface area contributed by atoms with E-state index in [0.29, 0.717) is 0 Å². The Morgan fingerprint density at radius 2 is 1.77 bits per heavy atom. The maximum absolute atomic E-state index is 11.7. The molecule has 0 bridgehead atoms. The van der Waals surface area contributed by atoms with Gasteiger partial charge < -0.3 is 5.32 Å². The molecule has 4 nitrogen and oxygen atoms in total. The summed E-state index contributed by atoms with van der Waals surface area (Å²) in [6.07, 6.45) is 0. The van der Waals surface area contributed by atoms with E-state index in [1.54, 1.807) is 7.05 Å². The van der Waals surface area contributed by atoms with Crippen molar-refractivity contribution < 1.29 is 4.79 Å². The van der Waals surface area contributed by atoms with Crippen molar-refractivity contribution in [3.63, 3.8) is 0 Å². The fourth-order valence-electron chi connectivity index (χ4n) is 1.16. The third-order valence-electron chi connectivity index (χ3n) is 2.05. The zero-order chi connectivity index (χ0) is 10.6. The van der Waals surface area contributed by atoms with E-state index in [9.17, 15) is 4.79 Å². The Morgan fingerprint density at radius 3 is 2.00 bits per heavy atom. The van der Waals surface area contributed by atoms with Gasteiger partial charge in [0.1, 0.15) is 0 Å². The zero-order valence-electron chi connectivity index (χ0n) is 9.16. The van der Waals surface area contributed by atoms with E-state index in [1.165, 1.54) is 5.01 Å². The number of rotatable bonds is 4. The topological polar surface area (TPSA) is 58.4 Å². The highest BCUT2D eigenvalue weighted by molar-refractivity contribution is 5.81. The van der Waals surface area contributed by atoms with E-state index in [-0.39, 0.29) is 23.9 Å². The van der Waals surface area contributed by atoms with Gasteiger partial charge in [-0.1, -0.05) is 13.8 Å². The van der Waals surface area contributed by atoms with Crippen LogP contribution in [0.2, 0.25) is 0 Å². The molecule has 1 atom stereocenters. The molecule has 3 N–H and O–H groups in total. The highest BCUT2D eigenvalue weighted by Gasteiger charge is 2.25. The molecule has 0 rings (SSSR count). The summed E-state index contributed by atoms with van der Waals surface area (Å²) in [5, 5.41) is 4.24. The SMILES string of the molecule is CNC(C(=O)N(N)C(C)C)C(C)C. The molecule has 1 amide bonds. The van der Waals surface area contributed by atoms with Gasteiger partial charge in [-0.15, -0.1) is 0 Å². The first kappa shape index (κ1) is 12.4. The summed E-state index contributed by atoms with van der Waals surface area (Å²) in [4.78, 5) is 11.7.